The van der Waals surface area contributed by atoms with Gasteiger partial charge in [-0.15, -0.1) is 0 Å². The molecule has 0 fully saturated rings. The quantitative estimate of drug-likeness (QED) is 0.455. The minimum Gasteiger partial charge on any atom is -0.368 e. The average Bonchev–Trinajstić information content (AvgIpc) is 3.15. The molecule has 30 heavy (non-hydrogen) atoms. The third kappa shape index (κ3) is 3.65. The number of fused-ring (bicyclic) bond motifs is 2. The molecule has 1 aromatic carbocycles. The Morgan fingerprint density at radius 3 is 2.83 bits per heavy atom. The molecule has 150 valence electrons. The minimum absolute atomic E-state index is 0.291. The standard InChI is InChI=1S/C22H21N7O/c1-12(2)5-19(21(24)30)28-22-27-9-14-8-25-10-17(20(14)29-22)16-11-26-18-6-13(7-23)3-4-15(16)18/h3-4,6,8-12,19,26H,5H2,1-2H3,(H2,24,30)(H,27,28,29)/t19-/m1/s1. The maximum absolute atomic E-state index is 11.8. The van der Waals surface area contributed by atoms with E-state index in [2.05, 4.69) is 31.3 Å². The molecule has 1 atom stereocenters. The first kappa shape index (κ1) is 19.3. The van der Waals surface area contributed by atoms with Gasteiger partial charge < -0.3 is 16.0 Å². The van der Waals surface area contributed by atoms with E-state index in [1.165, 1.54) is 0 Å². The van der Waals surface area contributed by atoms with Crippen molar-refractivity contribution < 1.29 is 4.79 Å². The highest BCUT2D eigenvalue weighted by Gasteiger charge is 2.19. The topological polar surface area (TPSA) is 133 Å². The molecule has 0 saturated heterocycles. The number of H-pyrrole nitrogens is 1. The number of hydrogen-bond donors (Lipinski definition) is 3. The van der Waals surface area contributed by atoms with Gasteiger partial charge in [-0.2, -0.15) is 5.26 Å². The lowest BCUT2D eigenvalue weighted by molar-refractivity contribution is -0.119. The number of anilines is 1. The third-order valence-electron chi connectivity index (χ3n) is 4.94. The molecule has 0 radical (unpaired) electrons. The van der Waals surface area contributed by atoms with Crippen molar-refractivity contribution in [2.45, 2.75) is 26.3 Å². The van der Waals surface area contributed by atoms with Gasteiger partial charge in [-0.3, -0.25) is 9.78 Å². The number of aromatic nitrogens is 4. The van der Waals surface area contributed by atoms with Gasteiger partial charge in [-0.25, -0.2) is 9.97 Å². The van der Waals surface area contributed by atoms with Crippen molar-refractivity contribution in [1.82, 2.24) is 19.9 Å². The molecule has 4 N–H and O–H groups in total. The summed E-state index contributed by atoms with van der Waals surface area (Å²) in [6, 6.07) is 7.09. The summed E-state index contributed by atoms with van der Waals surface area (Å²) in [4.78, 5) is 28.4. The molecule has 8 heteroatoms. The van der Waals surface area contributed by atoms with Crippen molar-refractivity contribution in [3.8, 4) is 17.2 Å². The molecule has 0 aliphatic carbocycles. The molecule has 4 aromatic rings. The number of pyridine rings is 1. The minimum atomic E-state index is -0.551. The number of nitrogens with two attached hydrogens (primary N) is 1. The fraction of sp³-hybridized carbons (Fsp3) is 0.227. The third-order valence-corrected chi connectivity index (χ3v) is 4.94. The van der Waals surface area contributed by atoms with E-state index in [9.17, 15) is 4.79 Å². The first-order chi connectivity index (χ1) is 14.5. The van der Waals surface area contributed by atoms with Crippen molar-refractivity contribution in [3.63, 3.8) is 0 Å². The van der Waals surface area contributed by atoms with Crippen LogP contribution in [-0.2, 0) is 4.79 Å². The molecule has 3 heterocycles. The molecule has 0 aliphatic heterocycles. The molecule has 3 aromatic heterocycles. The van der Waals surface area contributed by atoms with Crippen molar-refractivity contribution in [3.05, 3.63) is 48.5 Å². The van der Waals surface area contributed by atoms with Crippen LogP contribution in [0.5, 0.6) is 0 Å². The molecule has 4 rings (SSSR count). The van der Waals surface area contributed by atoms with E-state index in [4.69, 9.17) is 11.0 Å². The number of benzene rings is 1. The summed E-state index contributed by atoms with van der Waals surface area (Å²) < 4.78 is 0. The van der Waals surface area contributed by atoms with E-state index in [1.807, 2.05) is 32.2 Å². The highest BCUT2D eigenvalue weighted by Crippen LogP contribution is 2.33. The molecule has 0 aliphatic rings. The van der Waals surface area contributed by atoms with Gasteiger partial charge in [0.25, 0.3) is 0 Å². The Hall–Kier alpha value is -3.99. The predicted octanol–water partition coefficient (Wildman–Crippen LogP) is 3.36. The normalized spacial score (nSPS) is 12.2. The SMILES string of the molecule is CC(C)C[C@@H](Nc1ncc2cncc(-c3c[nH]c4cc(C#N)ccc34)c2n1)C(N)=O. The van der Waals surface area contributed by atoms with Gasteiger partial charge in [0.1, 0.15) is 6.04 Å². The zero-order valence-corrected chi connectivity index (χ0v) is 16.7. The van der Waals surface area contributed by atoms with Crippen molar-refractivity contribution in [2.24, 2.45) is 11.7 Å². The second-order valence-electron chi connectivity index (χ2n) is 7.62. The van der Waals surface area contributed by atoms with E-state index >= 15 is 0 Å². The largest absolute Gasteiger partial charge is 0.368 e. The zero-order chi connectivity index (χ0) is 21.3. The first-order valence-corrected chi connectivity index (χ1v) is 9.64. The highest BCUT2D eigenvalue weighted by atomic mass is 16.1. The van der Waals surface area contributed by atoms with Crippen LogP contribution in [0.4, 0.5) is 5.95 Å². The van der Waals surface area contributed by atoms with Crippen LogP contribution in [0, 0.1) is 17.2 Å². The van der Waals surface area contributed by atoms with Gasteiger partial charge in [0, 0.05) is 52.2 Å². The number of carbonyl (C=O) groups is 1. The summed E-state index contributed by atoms with van der Waals surface area (Å²) in [6.45, 7) is 4.05. The molecule has 0 saturated carbocycles. The lowest BCUT2D eigenvalue weighted by Crippen LogP contribution is -2.37. The molecule has 0 bridgehead atoms. The Bertz CT molecular complexity index is 1290. The number of carbonyl (C=O) groups excluding carboxylic acids is 1. The van der Waals surface area contributed by atoms with E-state index in [1.54, 1.807) is 24.7 Å². The molecular formula is C22H21N7O. The molecule has 0 unspecified atom stereocenters. The van der Waals surface area contributed by atoms with Gasteiger partial charge in [0.05, 0.1) is 17.1 Å². The van der Waals surface area contributed by atoms with Crippen LogP contribution >= 0.6 is 0 Å². The molecule has 8 nitrogen and oxygen atoms in total. The summed E-state index contributed by atoms with van der Waals surface area (Å²) in [6.07, 6.45) is 7.59. The molecule has 0 spiro atoms. The Kier molecular flexibility index (Phi) is 5.02. The lowest BCUT2D eigenvalue weighted by Gasteiger charge is -2.17. The fourth-order valence-electron chi connectivity index (χ4n) is 3.51. The Labute approximate surface area is 173 Å². The van der Waals surface area contributed by atoms with Gasteiger partial charge in [-0.05, 0) is 24.5 Å². The summed E-state index contributed by atoms with van der Waals surface area (Å²) in [5, 5.41) is 13.9. The van der Waals surface area contributed by atoms with Crippen LogP contribution in [0.25, 0.3) is 32.9 Å². The van der Waals surface area contributed by atoms with Gasteiger partial charge in [0.2, 0.25) is 11.9 Å². The number of aromatic amines is 1. The van der Waals surface area contributed by atoms with Crippen molar-refractivity contribution >= 4 is 33.7 Å². The number of amides is 1. The summed E-state index contributed by atoms with van der Waals surface area (Å²) >= 11 is 0. The number of nitriles is 1. The van der Waals surface area contributed by atoms with Crippen molar-refractivity contribution in [2.75, 3.05) is 5.32 Å². The van der Waals surface area contributed by atoms with Crippen molar-refractivity contribution in [1.29, 1.82) is 5.26 Å². The second-order valence-corrected chi connectivity index (χ2v) is 7.62. The van der Waals surface area contributed by atoms with Gasteiger partial charge in [-0.1, -0.05) is 19.9 Å². The Morgan fingerprint density at radius 2 is 2.10 bits per heavy atom. The maximum atomic E-state index is 11.8. The number of hydrogen-bond acceptors (Lipinski definition) is 6. The number of nitrogens with one attached hydrogen (secondary N) is 2. The van der Waals surface area contributed by atoms with Crippen LogP contribution in [0.3, 0.4) is 0 Å². The first-order valence-electron chi connectivity index (χ1n) is 9.64. The zero-order valence-electron chi connectivity index (χ0n) is 16.7. The second kappa shape index (κ2) is 7.79. The number of primary amides is 1. The average molecular weight is 399 g/mol. The van der Waals surface area contributed by atoms with Crippen LogP contribution in [0.15, 0.2) is 43.0 Å². The van der Waals surface area contributed by atoms with E-state index < -0.39 is 11.9 Å². The van der Waals surface area contributed by atoms with E-state index in [-0.39, 0.29) is 0 Å². The Morgan fingerprint density at radius 1 is 1.27 bits per heavy atom. The van der Waals surface area contributed by atoms with Crippen LogP contribution < -0.4 is 11.1 Å². The monoisotopic (exact) mass is 399 g/mol. The smallest absolute Gasteiger partial charge is 0.240 e. The van der Waals surface area contributed by atoms with E-state index in [0.29, 0.717) is 29.4 Å². The number of rotatable bonds is 6. The van der Waals surface area contributed by atoms with Crippen LogP contribution in [-0.4, -0.2) is 31.9 Å². The fourth-order valence-corrected chi connectivity index (χ4v) is 3.51. The molecule has 1 amide bonds. The molecular weight excluding hydrogens is 378 g/mol. The summed E-state index contributed by atoms with van der Waals surface area (Å²) in [7, 11) is 0. The predicted molar refractivity (Wildman–Crippen MR) is 115 cm³/mol. The summed E-state index contributed by atoms with van der Waals surface area (Å²) in [5.41, 5.74) is 9.45. The maximum Gasteiger partial charge on any atom is 0.240 e. The van der Waals surface area contributed by atoms with Gasteiger partial charge >= 0.3 is 0 Å². The number of nitrogens with zero attached hydrogens (tertiary/aromatic N) is 4. The van der Waals surface area contributed by atoms with Gasteiger partial charge in [0.15, 0.2) is 0 Å². The Balaban J connectivity index is 1.79. The highest BCUT2D eigenvalue weighted by molar-refractivity contribution is 6.03. The lowest BCUT2D eigenvalue weighted by atomic mass is 10.0. The van der Waals surface area contributed by atoms with Crippen LogP contribution in [0.1, 0.15) is 25.8 Å². The van der Waals surface area contributed by atoms with Crippen LogP contribution in [0.2, 0.25) is 0 Å². The van der Waals surface area contributed by atoms with E-state index in [0.717, 1.165) is 27.4 Å². The summed E-state index contributed by atoms with van der Waals surface area (Å²) in [5.74, 6) is 0.193.